The van der Waals surface area contributed by atoms with E-state index >= 15 is 0 Å². The lowest BCUT2D eigenvalue weighted by Crippen LogP contribution is -2.46. The summed E-state index contributed by atoms with van der Waals surface area (Å²) >= 11 is 0. The molecule has 1 unspecified atom stereocenters. The number of aliphatic hydroxyl groups is 1. The molecule has 1 saturated carbocycles. The van der Waals surface area contributed by atoms with Crippen molar-refractivity contribution >= 4 is 11.9 Å². The highest BCUT2D eigenvalue weighted by Crippen LogP contribution is 2.41. The van der Waals surface area contributed by atoms with Gasteiger partial charge in [-0.2, -0.15) is 0 Å². The lowest BCUT2D eigenvalue weighted by molar-refractivity contribution is -0.180. The minimum Gasteiger partial charge on any atom is -0.465 e. The third-order valence-corrected chi connectivity index (χ3v) is 5.58. The van der Waals surface area contributed by atoms with Gasteiger partial charge in [0.1, 0.15) is 6.10 Å². The normalized spacial score (nSPS) is 17.7. The van der Waals surface area contributed by atoms with E-state index in [2.05, 4.69) is 0 Å². The number of rotatable bonds is 11. The number of hydrogen-bond donors (Lipinski definition) is 1. The fraction of sp³-hybridized carbons (Fsp3) is 0.652. The Morgan fingerprint density at radius 2 is 1.86 bits per heavy atom. The number of carbonyl (C=O) groups is 2. The Morgan fingerprint density at radius 1 is 1.21 bits per heavy atom. The number of esters is 2. The van der Waals surface area contributed by atoms with Crippen molar-refractivity contribution in [3.63, 3.8) is 0 Å². The van der Waals surface area contributed by atoms with Gasteiger partial charge in [0.05, 0.1) is 13.2 Å². The summed E-state index contributed by atoms with van der Waals surface area (Å²) in [4.78, 5) is 26.8. The predicted molar refractivity (Wildman–Crippen MR) is 111 cm³/mol. The maximum atomic E-state index is 13.3. The summed E-state index contributed by atoms with van der Waals surface area (Å²) in [6.07, 6.45) is 4.72. The van der Waals surface area contributed by atoms with Crippen LogP contribution in [0.5, 0.6) is 0 Å². The molecule has 0 saturated heterocycles. The van der Waals surface area contributed by atoms with Crippen molar-refractivity contribution in [2.75, 3.05) is 26.7 Å². The van der Waals surface area contributed by atoms with Gasteiger partial charge in [-0.25, -0.2) is 4.79 Å². The van der Waals surface area contributed by atoms with Gasteiger partial charge in [0.25, 0.3) is 0 Å². The van der Waals surface area contributed by atoms with Crippen molar-refractivity contribution in [3.8, 4) is 0 Å². The highest BCUT2D eigenvalue weighted by Gasteiger charge is 2.48. The molecule has 1 aromatic carbocycles. The Morgan fingerprint density at radius 3 is 2.45 bits per heavy atom. The predicted octanol–water partition coefficient (Wildman–Crippen LogP) is 3.27. The fourth-order valence-corrected chi connectivity index (χ4v) is 4.15. The van der Waals surface area contributed by atoms with E-state index in [1.165, 1.54) is 0 Å². The molecule has 162 valence electrons. The van der Waals surface area contributed by atoms with Gasteiger partial charge in [0.2, 0.25) is 0 Å². The molecular weight excluding hydrogens is 370 g/mol. The van der Waals surface area contributed by atoms with Gasteiger partial charge in [0, 0.05) is 12.5 Å². The lowest BCUT2D eigenvalue weighted by Gasteiger charge is -2.34. The number of nitrogens with zero attached hydrogens (tertiary/aromatic N) is 1. The fourth-order valence-electron chi connectivity index (χ4n) is 4.15. The van der Waals surface area contributed by atoms with Crippen LogP contribution < -0.4 is 0 Å². The molecule has 1 aliphatic rings. The van der Waals surface area contributed by atoms with E-state index < -0.39 is 17.7 Å². The van der Waals surface area contributed by atoms with Crippen LogP contribution in [-0.2, 0) is 24.7 Å². The number of likely N-dealkylation sites (N-methyl/N-ethyl adjacent to an activating group) is 1. The van der Waals surface area contributed by atoms with E-state index in [-0.39, 0.29) is 18.4 Å². The molecule has 1 fully saturated rings. The van der Waals surface area contributed by atoms with Crippen molar-refractivity contribution in [2.45, 2.75) is 64.1 Å². The van der Waals surface area contributed by atoms with Crippen LogP contribution in [-0.4, -0.2) is 54.8 Å². The molecule has 2 rings (SSSR count). The summed E-state index contributed by atoms with van der Waals surface area (Å²) < 4.78 is 10.8. The monoisotopic (exact) mass is 405 g/mol. The van der Waals surface area contributed by atoms with Crippen LogP contribution in [0.4, 0.5) is 0 Å². The van der Waals surface area contributed by atoms with Crippen LogP contribution in [0.1, 0.15) is 57.9 Å². The molecule has 1 N–H and O–H groups in total. The molecule has 0 bridgehead atoms. The molecule has 29 heavy (non-hydrogen) atoms. The molecule has 0 aliphatic heterocycles. The second-order valence-electron chi connectivity index (χ2n) is 7.93. The Hall–Kier alpha value is -1.92. The Bertz CT molecular complexity index is 644. The van der Waals surface area contributed by atoms with Crippen LogP contribution in [0.3, 0.4) is 0 Å². The number of ether oxygens (including phenoxy) is 2. The third kappa shape index (κ3) is 6.28. The summed E-state index contributed by atoms with van der Waals surface area (Å²) in [6.45, 7) is 4.68. The zero-order chi connectivity index (χ0) is 21.3. The highest BCUT2D eigenvalue weighted by atomic mass is 16.6. The van der Waals surface area contributed by atoms with Crippen LogP contribution in [0, 0.1) is 5.92 Å². The van der Waals surface area contributed by atoms with E-state index in [1.54, 1.807) is 31.0 Å². The molecule has 6 nitrogen and oxygen atoms in total. The Labute approximate surface area is 174 Å². The van der Waals surface area contributed by atoms with E-state index in [1.807, 2.05) is 25.1 Å². The first-order valence-corrected chi connectivity index (χ1v) is 10.7. The molecule has 0 heterocycles. The minimum atomic E-state index is -1.64. The molecule has 2 atom stereocenters. The van der Waals surface area contributed by atoms with Gasteiger partial charge in [0.15, 0.2) is 5.60 Å². The highest BCUT2D eigenvalue weighted by molar-refractivity contribution is 5.81. The van der Waals surface area contributed by atoms with Gasteiger partial charge in [-0.15, -0.1) is 0 Å². The molecule has 0 amide bonds. The summed E-state index contributed by atoms with van der Waals surface area (Å²) in [5.74, 6) is -1.03. The largest absolute Gasteiger partial charge is 0.465 e. The maximum absolute atomic E-state index is 13.3. The second-order valence-corrected chi connectivity index (χ2v) is 7.93. The van der Waals surface area contributed by atoms with E-state index in [0.717, 1.165) is 32.1 Å². The first-order chi connectivity index (χ1) is 13.9. The smallest absolute Gasteiger partial charge is 0.343 e. The summed E-state index contributed by atoms with van der Waals surface area (Å²) in [5.41, 5.74) is -1.05. The minimum absolute atomic E-state index is 0.136. The van der Waals surface area contributed by atoms with Crippen molar-refractivity contribution in [1.82, 2.24) is 4.90 Å². The second kappa shape index (κ2) is 11.3. The third-order valence-electron chi connectivity index (χ3n) is 5.58. The van der Waals surface area contributed by atoms with Gasteiger partial charge in [-0.05, 0) is 38.8 Å². The topological polar surface area (TPSA) is 76.1 Å². The van der Waals surface area contributed by atoms with Gasteiger partial charge >= 0.3 is 11.9 Å². The van der Waals surface area contributed by atoms with Crippen LogP contribution in [0.2, 0.25) is 0 Å². The van der Waals surface area contributed by atoms with Crippen molar-refractivity contribution in [3.05, 3.63) is 35.9 Å². The molecule has 0 radical (unpaired) electrons. The molecule has 6 heteroatoms. The average Bonchev–Trinajstić information content (AvgIpc) is 3.23. The van der Waals surface area contributed by atoms with E-state index in [4.69, 9.17) is 9.47 Å². The Kier molecular flexibility index (Phi) is 9.11. The summed E-state index contributed by atoms with van der Waals surface area (Å²) in [7, 11) is 1.80. The summed E-state index contributed by atoms with van der Waals surface area (Å²) in [5, 5.41) is 11.6. The van der Waals surface area contributed by atoms with Gasteiger partial charge in [-0.3, -0.25) is 9.69 Å². The first kappa shape index (κ1) is 23.4. The van der Waals surface area contributed by atoms with Crippen molar-refractivity contribution in [1.29, 1.82) is 0 Å². The van der Waals surface area contributed by atoms with Crippen LogP contribution in [0.25, 0.3) is 0 Å². The van der Waals surface area contributed by atoms with Gasteiger partial charge in [-0.1, -0.05) is 56.5 Å². The van der Waals surface area contributed by atoms with Crippen LogP contribution >= 0.6 is 0 Å². The quantitative estimate of drug-likeness (QED) is 0.570. The average molecular weight is 406 g/mol. The molecular formula is C23H35NO5. The molecule has 1 aromatic rings. The van der Waals surface area contributed by atoms with E-state index in [0.29, 0.717) is 25.1 Å². The Balaban J connectivity index is 2.13. The zero-order valence-corrected chi connectivity index (χ0v) is 17.9. The molecule has 0 aromatic heterocycles. The lowest BCUT2D eigenvalue weighted by atomic mass is 9.80. The SMILES string of the molecule is CCCC(CN(C)CC(=O)OCC)OC(=O)[C@](O)(c1ccccc1)C1CCCC1. The van der Waals surface area contributed by atoms with Crippen molar-refractivity contribution in [2.24, 2.45) is 5.92 Å². The van der Waals surface area contributed by atoms with E-state index in [9.17, 15) is 14.7 Å². The zero-order valence-electron chi connectivity index (χ0n) is 17.9. The van der Waals surface area contributed by atoms with Crippen LogP contribution in [0.15, 0.2) is 30.3 Å². The maximum Gasteiger partial charge on any atom is 0.343 e. The van der Waals surface area contributed by atoms with Crippen molar-refractivity contribution < 1.29 is 24.2 Å². The van der Waals surface area contributed by atoms with Gasteiger partial charge < -0.3 is 14.6 Å². The molecule has 0 spiro atoms. The standard InChI is InChI=1S/C23H35NO5/c1-4-11-20(16-24(3)17-21(25)28-5-2)29-22(26)23(27,19-14-9-10-15-19)18-12-7-6-8-13-18/h6-8,12-13,19-20,27H,4-5,9-11,14-17H2,1-3H3/t20?,23-/m0/s1. The molecule has 1 aliphatic carbocycles. The number of hydrogen-bond acceptors (Lipinski definition) is 6. The first-order valence-electron chi connectivity index (χ1n) is 10.7. The number of carbonyl (C=O) groups excluding carboxylic acids is 2. The number of benzene rings is 1. The summed E-state index contributed by atoms with van der Waals surface area (Å²) in [6, 6.07) is 9.12.